The summed E-state index contributed by atoms with van der Waals surface area (Å²) >= 11 is 5.30. The second-order valence-electron chi connectivity index (χ2n) is 5.01. The van der Waals surface area contributed by atoms with Gasteiger partial charge in [-0.2, -0.15) is 0 Å². The zero-order valence-corrected chi connectivity index (χ0v) is 14.1. The molecule has 3 rings (SSSR count). The number of hydrogen-bond donors (Lipinski definition) is 0. The summed E-state index contributed by atoms with van der Waals surface area (Å²) in [5.74, 6) is 0.925. The summed E-state index contributed by atoms with van der Waals surface area (Å²) in [7, 11) is 1.53. The van der Waals surface area contributed by atoms with Gasteiger partial charge < -0.3 is 13.9 Å². The van der Waals surface area contributed by atoms with E-state index in [1.807, 2.05) is 24.3 Å². The van der Waals surface area contributed by atoms with Crippen LogP contribution in [0.5, 0.6) is 11.5 Å². The van der Waals surface area contributed by atoms with E-state index in [2.05, 4.69) is 4.98 Å². The first kappa shape index (κ1) is 16.1. The van der Waals surface area contributed by atoms with Gasteiger partial charge in [-0.25, -0.2) is 4.98 Å². The predicted octanol–water partition coefficient (Wildman–Crippen LogP) is 4.55. The molecule has 24 heavy (non-hydrogen) atoms. The van der Waals surface area contributed by atoms with Crippen molar-refractivity contribution in [2.45, 2.75) is 13.3 Å². The molecule has 2 aromatic carbocycles. The van der Waals surface area contributed by atoms with Crippen LogP contribution in [0.4, 0.5) is 0 Å². The molecule has 0 aliphatic carbocycles. The molecule has 0 spiro atoms. The van der Waals surface area contributed by atoms with Gasteiger partial charge in [0.05, 0.1) is 23.6 Å². The van der Waals surface area contributed by atoms with Gasteiger partial charge in [0.25, 0.3) is 0 Å². The van der Waals surface area contributed by atoms with Crippen molar-refractivity contribution in [1.82, 2.24) is 4.98 Å². The number of carbonyl (C=O) groups is 1. The van der Waals surface area contributed by atoms with Gasteiger partial charge in [-0.3, -0.25) is 4.79 Å². The number of para-hydroxylation sites is 1. The number of aromatic nitrogens is 1. The first-order chi connectivity index (χ1) is 11.6. The van der Waals surface area contributed by atoms with Gasteiger partial charge in [0.2, 0.25) is 10.6 Å². The van der Waals surface area contributed by atoms with Crippen LogP contribution in [-0.2, 0) is 4.79 Å². The second kappa shape index (κ2) is 6.80. The van der Waals surface area contributed by atoms with E-state index in [1.165, 1.54) is 7.11 Å². The summed E-state index contributed by atoms with van der Waals surface area (Å²) in [5.41, 5.74) is 1.37. The molecular weight excluding hydrogens is 326 g/mol. The van der Waals surface area contributed by atoms with E-state index < -0.39 is 0 Å². The monoisotopic (exact) mass is 341 g/mol. The molecule has 0 amide bonds. The van der Waals surface area contributed by atoms with Crippen LogP contribution in [0.2, 0.25) is 0 Å². The highest BCUT2D eigenvalue weighted by Crippen LogP contribution is 2.33. The first-order valence-electron chi connectivity index (χ1n) is 7.41. The Bertz CT molecular complexity index is 965. The van der Waals surface area contributed by atoms with Crippen molar-refractivity contribution in [3.63, 3.8) is 0 Å². The van der Waals surface area contributed by atoms with Crippen molar-refractivity contribution in [1.29, 1.82) is 0 Å². The molecule has 122 valence electrons. The Morgan fingerprint density at radius 3 is 2.79 bits per heavy atom. The van der Waals surface area contributed by atoms with Crippen molar-refractivity contribution in [3.8, 4) is 23.0 Å². The van der Waals surface area contributed by atoms with Gasteiger partial charge in [-0.1, -0.05) is 19.1 Å². The molecule has 0 N–H and O–H groups in total. The Hall–Kier alpha value is -2.73. The third kappa shape index (κ3) is 3.14. The zero-order valence-electron chi connectivity index (χ0n) is 13.2. The maximum Gasteiger partial charge on any atom is 0.310 e. The highest BCUT2D eigenvalue weighted by molar-refractivity contribution is 7.71. The number of benzene rings is 2. The number of hydrogen-bond acceptors (Lipinski definition) is 6. The van der Waals surface area contributed by atoms with Gasteiger partial charge in [0.1, 0.15) is 11.5 Å². The van der Waals surface area contributed by atoms with Crippen molar-refractivity contribution in [3.05, 3.63) is 47.2 Å². The average Bonchev–Trinajstić information content (AvgIpc) is 2.61. The fourth-order valence-electron chi connectivity index (χ4n) is 2.25. The van der Waals surface area contributed by atoms with Gasteiger partial charge in [-0.05, 0) is 36.5 Å². The molecule has 0 atom stereocenters. The van der Waals surface area contributed by atoms with Crippen LogP contribution >= 0.6 is 12.2 Å². The van der Waals surface area contributed by atoms with Crippen LogP contribution in [0.3, 0.4) is 0 Å². The number of ether oxygens (including phenoxy) is 2. The summed E-state index contributed by atoms with van der Waals surface area (Å²) in [6.07, 6.45) is 0.297. The van der Waals surface area contributed by atoms with E-state index in [0.717, 1.165) is 10.9 Å². The average molecular weight is 341 g/mol. The smallest absolute Gasteiger partial charge is 0.310 e. The van der Waals surface area contributed by atoms with Crippen LogP contribution in [0.15, 0.2) is 46.9 Å². The number of carbonyl (C=O) groups excluding carboxylic acids is 1. The van der Waals surface area contributed by atoms with E-state index in [9.17, 15) is 4.79 Å². The van der Waals surface area contributed by atoms with E-state index in [4.69, 9.17) is 26.1 Å². The highest BCUT2D eigenvalue weighted by atomic mass is 32.1. The quantitative estimate of drug-likeness (QED) is 0.394. The Morgan fingerprint density at radius 2 is 2.04 bits per heavy atom. The van der Waals surface area contributed by atoms with Crippen molar-refractivity contribution >= 4 is 29.1 Å². The number of fused-ring (bicyclic) bond motifs is 1. The molecule has 0 fully saturated rings. The minimum atomic E-state index is -0.314. The zero-order chi connectivity index (χ0) is 17.1. The standard InChI is InChI=1S/C18H15NO4S/c1-3-16(20)22-11-8-9-13(15(10-11)21-2)17-19-14-7-5-4-6-12(14)18(24)23-17/h4-10H,3H2,1-2H3. The molecule has 0 unspecified atom stereocenters. The summed E-state index contributed by atoms with van der Waals surface area (Å²) in [6.45, 7) is 1.73. The fourth-order valence-corrected chi connectivity index (χ4v) is 2.50. The third-order valence-corrected chi connectivity index (χ3v) is 3.76. The van der Waals surface area contributed by atoms with Gasteiger partial charge in [0.15, 0.2) is 0 Å². The van der Waals surface area contributed by atoms with Crippen LogP contribution in [0.25, 0.3) is 22.4 Å². The lowest BCUT2D eigenvalue weighted by Gasteiger charge is -2.10. The summed E-state index contributed by atoms with van der Waals surface area (Å²) in [4.78, 5) is 15.9. The molecular formula is C18H15NO4S. The van der Waals surface area contributed by atoms with Gasteiger partial charge in [0, 0.05) is 12.5 Å². The molecule has 0 radical (unpaired) electrons. The number of nitrogens with zero attached hydrogens (tertiary/aromatic N) is 1. The van der Waals surface area contributed by atoms with Gasteiger partial charge in [-0.15, -0.1) is 0 Å². The lowest BCUT2D eigenvalue weighted by atomic mass is 10.1. The second-order valence-corrected chi connectivity index (χ2v) is 5.38. The largest absolute Gasteiger partial charge is 0.496 e. The molecule has 6 heteroatoms. The normalized spacial score (nSPS) is 10.6. The van der Waals surface area contributed by atoms with Crippen LogP contribution in [0, 0.1) is 4.71 Å². The Labute approximate surface area is 143 Å². The number of methoxy groups -OCH3 is 1. The molecule has 0 aliphatic heterocycles. The molecule has 5 nitrogen and oxygen atoms in total. The number of rotatable bonds is 4. The molecule has 0 saturated carbocycles. The molecule has 1 aromatic heterocycles. The Kier molecular flexibility index (Phi) is 4.57. The van der Waals surface area contributed by atoms with E-state index in [-0.39, 0.29) is 5.97 Å². The maximum atomic E-state index is 11.4. The van der Waals surface area contributed by atoms with Crippen molar-refractivity contribution < 1.29 is 18.7 Å². The van der Waals surface area contributed by atoms with Crippen molar-refractivity contribution in [2.75, 3.05) is 7.11 Å². The Balaban J connectivity index is 2.09. The predicted molar refractivity (Wildman–Crippen MR) is 92.8 cm³/mol. The Morgan fingerprint density at radius 1 is 1.25 bits per heavy atom. The molecule has 1 heterocycles. The highest BCUT2D eigenvalue weighted by Gasteiger charge is 2.14. The summed E-state index contributed by atoms with van der Waals surface area (Å²) in [5, 5.41) is 0.781. The minimum absolute atomic E-state index is 0.297. The molecule has 0 saturated heterocycles. The summed E-state index contributed by atoms with van der Waals surface area (Å²) in [6, 6.07) is 12.5. The third-order valence-electron chi connectivity index (χ3n) is 3.46. The number of esters is 1. The van der Waals surface area contributed by atoms with E-state index in [0.29, 0.717) is 34.1 Å². The lowest BCUT2D eigenvalue weighted by molar-refractivity contribution is -0.134. The fraction of sp³-hybridized carbons (Fsp3) is 0.167. The maximum absolute atomic E-state index is 11.4. The van der Waals surface area contributed by atoms with Crippen LogP contribution in [0.1, 0.15) is 13.3 Å². The SMILES string of the molecule is CCC(=O)Oc1ccc(-c2nc3ccccc3c(=S)o2)c(OC)c1. The lowest BCUT2D eigenvalue weighted by Crippen LogP contribution is -2.05. The van der Waals surface area contributed by atoms with Crippen molar-refractivity contribution in [2.24, 2.45) is 0 Å². The van der Waals surface area contributed by atoms with Crippen LogP contribution in [-0.4, -0.2) is 18.1 Å². The summed E-state index contributed by atoms with van der Waals surface area (Å²) < 4.78 is 16.6. The first-order valence-corrected chi connectivity index (χ1v) is 7.82. The van der Waals surface area contributed by atoms with Gasteiger partial charge >= 0.3 is 5.97 Å². The molecule has 0 aliphatic rings. The van der Waals surface area contributed by atoms with E-state index in [1.54, 1.807) is 25.1 Å². The minimum Gasteiger partial charge on any atom is -0.496 e. The van der Waals surface area contributed by atoms with E-state index >= 15 is 0 Å². The molecule has 0 bridgehead atoms. The molecule has 3 aromatic rings. The van der Waals surface area contributed by atoms with Crippen LogP contribution < -0.4 is 9.47 Å². The topological polar surface area (TPSA) is 61.6 Å².